The van der Waals surface area contributed by atoms with Crippen LogP contribution < -0.4 is 10.6 Å². The van der Waals surface area contributed by atoms with E-state index in [1.807, 2.05) is 13.8 Å². The normalized spacial score (nSPS) is 20.2. The first kappa shape index (κ1) is 30.1. The Morgan fingerprint density at radius 2 is 1.68 bits per heavy atom. The van der Waals surface area contributed by atoms with E-state index < -0.39 is 27.9 Å². The molecule has 1 saturated heterocycles. The predicted molar refractivity (Wildman–Crippen MR) is 153 cm³/mol. The Kier molecular flexibility index (Phi) is 9.00. The first-order valence-electron chi connectivity index (χ1n) is 13.3. The van der Waals surface area contributed by atoms with E-state index in [4.69, 9.17) is 4.74 Å². The van der Waals surface area contributed by atoms with Gasteiger partial charge in [0.15, 0.2) is 0 Å². The molecule has 0 radical (unpaired) electrons. The van der Waals surface area contributed by atoms with Crippen LogP contribution >= 0.6 is 11.3 Å². The monoisotopic (exact) mass is 591 g/mol. The fourth-order valence-electron chi connectivity index (χ4n) is 4.89. The van der Waals surface area contributed by atoms with Crippen molar-refractivity contribution in [2.75, 3.05) is 39.0 Å². The van der Waals surface area contributed by atoms with Crippen LogP contribution in [0.1, 0.15) is 58.9 Å². The second-order valence-electron chi connectivity index (χ2n) is 10.7. The lowest BCUT2D eigenvalue weighted by atomic mass is 10.0. The zero-order chi connectivity index (χ0) is 29.4. The lowest BCUT2D eigenvalue weighted by Gasteiger charge is -2.34. The molecular weight excluding hydrogens is 554 g/mol. The number of carbonyl (C=O) groups excluding carboxylic acids is 3. The highest BCUT2D eigenvalue weighted by atomic mass is 32.2. The second-order valence-corrected chi connectivity index (χ2v) is 13.8. The van der Waals surface area contributed by atoms with Gasteiger partial charge in [-0.1, -0.05) is 0 Å². The quantitative estimate of drug-likeness (QED) is 0.529. The van der Waals surface area contributed by atoms with Crippen molar-refractivity contribution in [3.05, 3.63) is 45.8 Å². The molecule has 13 heteroatoms. The molecule has 1 aromatic carbocycles. The summed E-state index contributed by atoms with van der Waals surface area (Å²) in [4.78, 5) is 43.3. The number of imide groups is 1. The van der Waals surface area contributed by atoms with Crippen molar-refractivity contribution in [3.63, 3.8) is 0 Å². The number of ether oxygens (including phenoxy) is 1. The van der Waals surface area contributed by atoms with Crippen molar-refractivity contribution in [1.29, 1.82) is 0 Å². The van der Waals surface area contributed by atoms with Crippen molar-refractivity contribution in [3.8, 4) is 0 Å². The highest BCUT2D eigenvalue weighted by Gasteiger charge is 2.33. The van der Waals surface area contributed by atoms with Crippen LogP contribution in [0.4, 0.5) is 9.80 Å². The van der Waals surface area contributed by atoms with E-state index in [0.29, 0.717) is 29.6 Å². The van der Waals surface area contributed by atoms with Crippen LogP contribution in [-0.4, -0.2) is 92.3 Å². The number of urea groups is 1. The number of nitrogens with one attached hydrogen (secondary N) is 2. The van der Waals surface area contributed by atoms with Gasteiger partial charge in [-0.25, -0.2) is 13.2 Å². The minimum absolute atomic E-state index is 0.0907. The lowest BCUT2D eigenvalue weighted by molar-refractivity contribution is -0.0440. The summed E-state index contributed by atoms with van der Waals surface area (Å²) in [5.41, 5.74) is 1.37. The maximum absolute atomic E-state index is 13.3. The molecule has 0 saturated carbocycles. The smallest absolute Gasteiger partial charge is 0.323 e. The van der Waals surface area contributed by atoms with Gasteiger partial charge < -0.3 is 15.0 Å². The van der Waals surface area contributed by atoms with Crippen LogP contribution in [0.25, 0.3) is 0 Å². The Hall–Kier alpha value is -2.84. The molecule has 1 fully saturated rings. The summed E-state index contributed by atoms with van der Waals surface area (Å²) in [5, 5.41) is 5.59. The van der Waals surface area contributed by atoms with Gasteiger partial charge in [-0.2, -0.15) is 4.31 Å². The molecule has 0 spiro atoms. The van der Waals surface area contributed by atoms with Gasteiger partial charge in [-0.05, 0) is 63.9 Å². The maximum atomic E-state index is 13.3. The van der Waals surface area contributed by atoms with Crippen LogP contribution in [0.2, 0.25) is 0 Å². The molecule has 1 aromatic heterocycles. The van der Waals surface area contributed by atoms with Crippen LogP contribution in [0.15, 0.2) is 29.2 Å². The summed E-state index contributed by atoms with van der Waals surface area (Å²) in [6.45, 7) is 9.79. The van der Waals surface area contributed by atoms with Gasteiger partial charge in [0.1, 0.15) is 5.00 Å². The average Bonchev–Trinajstić information content (AvgIpc) is 3.25. The molecule has 40 heavy (non-hydrogen) atoms. The van der Waals surface area contributed by atoms with Gasteiger partial charge in [-0.3, -0.25) is 19.8 Å². The molecule has 11 nitrogen and oxygen atoms in total. The molecule has 2 aliphatic heterocycles. The Morgan fingerprint density at radius 1 is 1.05 bits per heavy atom. The summed E-state index contributed by atoms with van der Waals surface area (Å²) in [6.07, 6.45) is 0.184. The zero-order valence-electron chi connectivity index (χ0n) is 23.7. The molecule has 4 rings (SSSR count). The van der Waals surface area contributed by atoms with Gasteiger partial charge in [0.05, 0.1) is 22.7 Å². The third kappa shape index (κ3) is 6.39. The van der Waals surface area contributed by atoms with E-state index >= 15 is 0 Å². The summed E-state index contributed by atoms with van der Waals surface area (Å²) in [5.74, 6) is -1.05. The number of thiophene rings is 1. The van der Waals surface area contributed by atoms with Crippen LogP contribution in [-0.2, 0) is 27.7 Å². The number of carbonyl (C=O) groups is 3. The molecule has 2 unspecified atom stereocenters. The maximum Gasteiger partial charge on any atom is 0.323 e. The Labute approximate surface area is 239 Å². The molecule has 3 heterocycles. The minimum atomic E-state index is -3.75. The molecule has 0 aliphatic carbocycles. The molecule has 4 amide bonds. The number of anilines is 1. The van der Waals surface area contributed by atoms with Crippen LogP contribution in [0.3, 0.4) is 0 Å². The summed E-state index contributed by atoms with van der Waals surface area (Å²) >= 11 is 1.32. The van der Waals surface area contributed by atoms with Crippen LogP contribution in [0.5, 0.6) is 0 Å². The van der Waals surface area contributed by atoms with Gasteiger partial charge in [0.2, 0.25) is 10.0 Å². The van der Waals surface area contributed by atoms with Gasteiger partial charge in [-0.15, -0.1) is 11.3 Å². The fourth-order valence-corrected chi connectivity index (χ4v) is 7.75. The Morgan fingerprint density at radius 3 is 2.25 bits per heavy atom. The van der Waals surface area contributed by atoms with Crippen molar-refractivity contribution in [1.82, 2.24) is 19.4 Å². The SMILES string of the molecule is CC1CN(S(=O)(=O)c2ccc(C(=O)Nc3sc4c(c3C(=O)NC(=O)N(C)C)CCN(C(C)C)C4)cc2)CC(C)O1. The third-order valence-corrected chi connectivity index (χ3v) is 10.0. The van der Waals surface area contributed by atoms with Gasteiger partial charge in [0.25, 0.3) is 11.8 Å². The molecule has 218 valence electrons. The van der Waals surface area contributed by atoms with Gasteiger partial charge >= 0.3 is 6.03 Å². The average molecular weight is 592 g/mol. The largest absolute Gasteiger partial charge is 0.373 e. The highest BCUT2D eigenvalue weighted by Crippen LogP contribution is 2.38. The number of sulfonamides is 1. The molecular formula is C27H37N5O6S2. The lowest BCUT2D eigenvalue weighted by Crippen LogP contribution is -2.48. The molecule has 2 aromatic rings. The number of morpholine rings is 1. The zero-order valence-corrected chi connectivity index (χ0v) is 25.3. The topological polar surface area (TPSA) is 128 Å². The number of fused-ring (bicyclic) bond motifs is 1. The van der Waals surface area contributed by atoms with E-state index in [2.05, 4.69) is 29.4 Å². The van der Waals surface area contributed by atoms with E-state index in [1.165, 1.54) is 44.8 Å². The van der Waals surface area contributed by atoms with E-state index in [1.54, 1.807) is 14.1 Å². The Bertz CT molecular complexity index is 1380. The first-order chi connectivity index (χ1) is 18.8. The molecule has 0 bridgehead atoms. The van der Waals surface area contributed by atoms with Crippen molar-refractivity contribution in [2.45, 2.75) is 63.8 Å². The highest BCUT2D eigenvalue weighted by molar-refractivity contribution is 7.89. The number of amides is 4. The Balaban J connectivity index is 1.58. The third-order valence-electron chi connectivity index (χ3n) is 7.04. The predicted octanol–water partition coefficient (Wildman–Crippen LogP) is 2.98. The van der Waals surface area contributed by atoms with E-state index in [-0.39, 0.29) is 35.8 Å². The summed E-state index contributed by atoms with van der Waals surface area (Å²) in [6, 6.07) is 5.51. The number of hydrogen-bond acceptors (Lipinski definition) is 8. The molecule has 2 N–H and O–H groups in total. The second kappa shape index (κ2) is 12.0. The van der Waals surface area contributed by atoms with E-state index in [0.717, 1.165) is 17.0 Å². The van der Waals surface area contributed by atoms with Crippen LogP contribution in [0, 0.1) is 0 Å². The fraction of sp³-hybridized carbons (Fsp3) is 0.519. The molecule has 2 aliphatic rings. The molecule has 2 atom stereocenters. The summed E-state index contributed by atoms with van der Waals surface area (Å²) in [7, 11) is -0.669. The van der Waals surface area contributed by atoms with Crippen molar-refractivity contribution >= 4 is 44.2 Å². The minimum Gasteiger partial charge on any atom is -0.373 e. The van der Waals surface area contributed by atoms with Crippen molar-refractivity contribution < 1.29 is 27.5 Å². The van der Waals surface area contributed by atoms with E-state index in [9.17, 15) is 22.8 Å². The standard InChI is InChI=1S/C27H37N5O6S2/c1-16(2)31-12-11-21-22(15-31)39-26(23(21)25(34)29-27(35)30(5)6)28-24(33)19-7-9-20(10-8-19)40(36,37)32-13-17(3)38-18(4)14-32/h7-10,16-18H,11-15H2,1-6H3,(H,28,33)(H,29,34,35). The number of hydrogen-bond donors (Lipinski definition) is 2. The van der Waals surface area contributed by atoms with Crippen molar-refractivity contribution in [2.24, 2.45) is 0 Å². The number of benzene rings is 1. The summed E-state index contributed by atoms with van der Waals surface area (Å²) < 4.78 is 33.4. The number of rotatable bonds is 6. The van der Waals surface area contributed by atoms with Gasteiger partial charge in [0, 0.05) is 56.8 Å². The number of nitrogens with zero attached hydrogens (tertiary/aromatic N) is 3. The first-order valence-corrected chi connectivity index (χ1v) is 15.5.